The SMILES string of the molecule is COc1cc(/C=C2\SC(=Nc3ccccc3Cl)NC2=O)ccc1OCC(=O)[O-]. The number of halogens is 1. The van der Waals surface area contributed by atoms with E-state index in [1.165, 1.54) is 18.9 Å². The normalized spacial score (nSPS) is 16.3. The number of carboxylic acid groups (broad SMARTS) is 1. The molecule has 0 spiro atoms. The Balaban J connectivity index is 1.80. The lowest BCUT2D eigenvalue weighted by Gasteiger charge is -2.11. The van der Waals surface area contributed by atoms with Crippen LogP contribution in [-0.2, 0) is 9.59 Å². The number of ether oxygens (including phenoxy) is 2. The van der Waals surface area contributed by atoms with Gasteiger partial charge in [-0.2, -0.15) is 0 Å². The molecule has 144 valence electrons. The van der Waals surface area contributed by atoms with E-state index in [2.05, 4.69) is 10.3 Å². The zero-order valence-corrected chi connectivity index (χ0v) is 16.2. The Morgan fingerprint density at radius 2 is 2.07 bits per heavy atom. The third kappa shape index (κ3) is 4.85. The van der Waals surface area contributed by atoms with Crippen molar-refractivity contribution in [2.24, 2.45) is 4.99 Å². The summed E-state index contributed by atoms with van der Waals surface area (Å²) in [7, 11) is 1.43. The third-order valence-electron chi connectivity index (χ3n) is 3.56. The second-order valence-corrected chi connectivity index (χ2v) is 6.94. The van der Waals surface area contributed by atoms with Crippen LogP contribution in [0.1, 0.15) is 5.56 Å². The van der Waals surface area contributed by atoms with Gasteiger partial charge >= 0.3 is 0 Å². The number of benzene rings is 2. The minimum atomic E-state index is -1.34. The molecule has 1 aliphatic heterocycles. The Morgan fingerprint density at radius 1 is 1.29 bits per heavy atom. The summed E-state index contributed by atoms with van der Waals surface area (Å²) in [6, 6.07) is 11.9. The van der Waals surface area contributed by atoms with Crippen molar-refractivity contribution < 1.29 is 24.2 Å². The molecule has 0 aromatic heterocycles. The van der Waals surface area contributed by atoms with Gasteiger partial charge in [0.25, 0.3) is 5.91 Å². The zero-order chi connectivity index (χ0) is 20.1. The van der Waals surface area contributed by atoms with Crippen molar-refractivity contribution in [3.8, 4) is 11.5 Å². The van der Waals surface area contributed by atoms with Crippen molar-refractivity contribution in [1.29, 1.82) is 0 Å². The van der Waals surface area contributed by atoms with E-state index >= 15 is 0 Å². The van der Waals surface area contributed by atoms with Crippen LogP contribution in [0.4, 0.5) is 5.69 Å². The van der Waals surface area contributed by atoms with Crippen LogP contribution in [0.15, 0.2) is 52.4 Å². The number of nitrogens with one attached hydrogen (secondary N) is 1. The number of hydrogen-bond acceptors (Lipinski definition) is 7. The number of para-hydroxylation sites is 1. The van der Waals surface area contributed by atoms with Gasteiger partial charge in [0.05, 0.1) is 28.7 Å². The van der Waals surface area contributed by atoms with Crippen molar-refractivity contribution in [3.63, 3.8) is 0 Å². The highest BCUT2D eigenvalue weighted by molar-refractivity contribution is 8.18. The van der Waals surface area contributed by atoms with Crippen LogP contribution >= 0.6 is 23.4 Å². The molecule has 7 nitrogen and oxygen atoms in total. The van der Waals surface area contributed by atoms with Gasteiger partial charge in [-0.25, -0.2) is 4.99 Å². The highest BCUT2D eigenvalue weighted by atomic mass is 35.5. The Morgan fingerprint density at radius 3 is 2.79 bits per heavy atom. The molecule has 1 heterocycles. The molecule has 1 amide bonds. The Kier molecular flexibility index (Phi) is 6.23. The van der Waals surface area contributed by atoms with Crippen LogP contribution in [0.2, 0.25) is 5.02 Å². The van der Waals surface area contributed by atoms with E-state index < -0.39 is 12.6 Å². The fourth-order valence-electron chi connectivity index (χ4n) is 2.31. The van der Waals surface area contributed by atoms with Crippen LogP contribution in [-0.4, -0.2) is 30.8 Å². The second-order valence-electron chi connectivity index (χ2n) is 5.50. The maximum Gasteiger partial charge on any atom is 0.264 e. The summed E-state index contributed by atoms with van der Waals surface area (Å²) in [5.74, 6) is -1.02. The summed E-state index contributed by atoms with van der Waals surface area (Å²) >= 11 is 7.27. The lowest BCUT2D eigenvalue weighted by Crippen LogP contribution is -2.29. The average molecular weight is 418 g/mol. The van der Waals surface area contributed by atoms with Crippen LogP contribution in [0.5, 0.6) is 11.5 Å². The highest BCUT2D eigenvalue weighted by Gasteiger charge is 2.24. The van der Waals surface area contributed by atoms with Crippen LogP contribution in [0.3, 0.4) is 0 Å². The Labute approximate surface area is 170 Å². The number of methoxy groups -OCH3 is 1. The van der Waals surface area contributed by atoms with E-state index in [1.807, 2.05) is 0 Å². The molecule has 28 heavy (non-hydrogen) atoms. The minimum absolute atomic E-state index is 0.262. The maximum atomic E-state index is 12.2. The first-order valence-corrected chi connectivity index (χ1v) is 9.20. The fraction of sp³-hybridized carbons (Fsp3) is 0.105. The molecule has 0 unspecified atom stereocenters. The monoisotopic (exact) mass is 417 g/mol. The largest absolute Gasteiger partial charge is 0.546 e. The number of carbonyl (C=O) groups excluding carboxylic acids is 2. The number of nitrogens with zero attached hydrogens (tertiary/aromatic N) is 1. The number of thioether (sulfide) groups is 1. The van der Waals surface area contributed by atoms with Gasteiger partial charge in [-0.05, 0) is 47.7 Å². The first-order valence-electron chi connectivity index (χ1n) is 8.01. The molecule has 1 aliphatic rings. The molecule has 0 aliphatic carbocycles. The van der Waals surface area contributed by atoms with Gasteiger partial charge in [0.1, 0.15) is 6.61 Å². The molecule has 1 fully saturated rings. The van der Waals surface area contributed by atoms with Gasteiger partial charge in [0, 0.05) is 0 Å². The molecular weight excluding hydrogens is 404 g/mol. The lowest BCUT2D eigenvalue weighted by molar-refractivity contribution is -0.307. The van der Waals surface area contributed by atoms with Crippen LogP contribution < -0.4 is 19.9 Å². The average Bonchev–Trinajstić information content (AvgIpc) is 3.01. The molecule has 0 radical (unpaired) electrons. The van der Waals surface area contributed by atoms with Gasteiger partial charge in [-0.1, -0.05) is 29.8 Å². The van der Waals surface area contributed by atoms with Gasteiger partial charge in [-0.15, -0.1) is 0 Å². The quantitative estimate of drug-likeness (QED) is 0.724. The van der Waals surface area contributed by atoms with E-state index in [-0.39, 0.29) is 11.7 Å². The predicted octanol–water partition coefficient (Wildman–Crippen LogP) is 2.37. The van der Waals surface area contributed by atoms with Crippen molar-refractivity contribution in [2.45, 2.75) is 0 Å². The summed E-state index contributed by atoms with van der Waals surface area (Å²) < 4.78 is 10.3. The number of amidine groups is 1. The van der Waals surface area contributed by atoms with Gasteiger partial charge < -0.3 is 24.7 Å². The molecule has 2 aromatic rings. The van der Waals surface area contributed by atoms with E-state index in [1.54, 1.807) is 48.5 Å². The van der Waals surface area contributed by atoms with Gasteiger partial charge in [0.15, 0.2) is 16.7 Å². The van der Waals surface area contributed by atoms with E-state index in [0.717, 1.165) is 0 Å². The summed E-state index contributed by atoms with van der Waals surface area (Å²) in [4.78, 5) is 27.6. The summed E-state index contributed by atoms with van der Waals surface area (Å²) in [6.45, 7) is -0.586. The van der Waals surface area contributed by atoms with Gasteiger partial charge in [-0.3, -0.25) is 4.79 Å². The third-order valence-corrected chi connectivity index (χ3v) is 4.79. The Hall–Kier alpha value is -2.97. The topological polar surface area (TPSA) is 100 Å². The molecule has 0 atom stereocenters. The number of carbonyl (C=O) groups is 2. The molecule has 9 heteroatoms. The first-order chi connectivity index (χ1) is 13.5. The lowest BCUT2D eigenvalue weighted by atomic mass is 10.2. The Bertz CT molecular complexity index is 990. The molecule has 1 saturated heterocycles. The standard InChI is InChI=1S/C19H15ClN2O5S/c1-26-15-8-11(6-7-14(15)27-10-17(23)24)9-16-18(25)22-19(28-16)21-13-5-3-2-4-12(13)20/h2-9H,10H2,1H3,(H,23,24)(H,21,22,25)/p-1/b16-9-. The molecule has 3 rings (SSSR count). The molecular formula is C19H14ClN2O5S-. The second kappa shape index (κ2) is 8.81. The van der Waals surface area contributed by atoms with Gasteiger partial charge in [0.2, 0.25) is 0 Å². The fourth-order valence-corrected chi connectivity index (χ4v) is 3.33. The van der Waals surface area contributed by atoms with E-state index in [9.17, 15) is 14.7 Å². The number of hydrogen-bond donors (Lipinski definition) is 1. The minimum Gasteiger partial charge on any atom is -0.546 e. The zero-order valence-electron chi connectivity index (χ0n) is 14.6. The molecule has 1 N–H and O–H groups in total. The van der Waals surface area contributed by atoms with Crippen molar-refractivity contribution in [3.05, 3.63) is 58.0 Å². The first kappa shape index (κ1) is 19.8. The predicted molar refractivity (Wildman–Crippen MR) is 106 cm³/mol. The molecule has 2 aromatic carbocycles. The number of aliphatic imine (C=N–C) groups is 1. The molecule has 0 saturated carbocycles. The van der Waals surface area contributed by atoms with E-state index in [4.69, 9.17) is 21.1 Å². The van der Waals surface area contributed by atoms with E-state index in [0.29, 0.717) is 32.1 Å². The smallest absolute Gasteiger partial charge is 0.264 e. The molecule has 0 bridgehead atoms. The van der Waals surface area contributed by atoms with Crippen molar-refractivity contribution >= 4 is 52.2 Å². The van der Waals surface area contributed by atoms with Crippen LogP contribution in [0.25, 0.3) is 6.08 Å². The van der Waals surface area contributed by atoms with Crippen LogP contribution in [0, 0.1) is 0 Å². The number of amides is 1. The summed E-state index contributed by atoms with van der Waals surface area (Å²) in [5.41, 5.74) is 1.23. The number of carboxylic acids is 1. The maximum absolute atomic E-state index is 12.2. The summed E-state index contributed by atoms with van der Waals surface area (Å²) in [6.07, 6.45) is 1.67. The van der Waals surface area contributed by atoms with Crippen molar-refractivity contribution in [1.82, 2.24) is 5.32 Å². The highest BCUT2D eigenvalue weighted by Crippen LogP contribution is 2.33. The summed E-state index contributed by atoms with van der Waals surface area (Å²) in [5, 5.41) is 14.1. The van der Waals surface area contributed by atoms with Crippen molar-refractivity contribution in [2.75, 3.05) is 13.7 Å². The number of rotatable bonds is 6. The number of aliphatic carboxylic acids is 1.